The predicted molar refractivity (Wildman–Crippen MR) is 80.2 cm³/mol. The lowest BCUT2D eigenvalue weighted by molar-refractivity contribution is 0.286. The van der Waals surface area contributed by atoms with Crippen molar-refractivity contribution in [3.05, 3.63) is 38.9 Å². The molecule has 0 radical (unpaired) electrons. The van der Waals surface area contributed by atoms with Crippen LogP contribution in [-0.4, -0.2) is 16.0 Å². The lowest BCUT2D eigenvalue weighted by Crippen LogP contribution is -2.29. The van der Waals surface area contributed by atoms with Crippen LogP contribution in [0.25, 0.3) is 11.0 Å². The second kappa shape index (κ2) is 5.15. The molecule has 1 aromatic heterocycles. The van der Waals surface area contributed by atoms with Gasteiger partial charge in [0.2, 0.25) is 0 Å². The van der Waals surface area contributed by atoms with Gasteiger partial charge in [-0.25, -0.2) is 0 Å². The molecular formula is C15H19N3O2. The fourth-order valence-corrected chi connectivity index (χ4v) is 2.78. The van der Waals surface area contributed by atoms with Crippen molar-refractivity contribution in [1.29, 1.82) is 0 Å². The standard InChI is InChI=1S/C15H19N3O2/c1-9(7-10-3-2-4-10)16-11-5-6-12-13(8-11)18-15(20)14(19)17-12/h5-6,8-10,16H,2-4,7H2,1H3,(H,17,19)(H,18,20). The average molecular weight is 273 g/mol. The molecule has 5 nitrogen and oxygen atoms in total. The van der Waals surface area contributed by atoms with E-state index in [2.05, 4.69) is 22.2 Å². The quantitative estimate of drug-likeness (QED) is 0.747. The van der Waals surface area contributed by atoms with Gasteiger partial charge in [-0.3, -0.25) is 9.59 Å². The number of rotatable bonds is 4. The molecular weight excluding hydrogens is 254 g/mol. The Kier molecular flexibility index (Phi) is 3.34. The van der Waals surface area contributed by atoms with Crippen molar-refractivity contribution in [3.63, 3.8) is 0 Å². The van der Waals surface area contributed by atoms with Crippen molar-refractivity contribution < 1.29 is 0 Å². The van der Waals surface area contributed by atoms with Crippen molar-refractivity contribution in [2.45, 2.75) is 38.6 Å². The van der Waals surface area contributed by atoms with Gasteiger partial charge in [-0.2, -0.15) is 0 Å². The van der Waals surface area contributed by atoms with E-state index in [4.69, 9.17) is 0 Å². The summed E-state index contributed by atoms with van der Waals surface area (Å²) >= 11 is 0. The lowest BCUT2D eigenvalue weighted by Gasteiger charge is -2.28. The van der Waals surface area contributed by atoms with Crippen LogP contribution in [0, 0.1) is 5.92 Å². The Bertz CT molecular complexity index is 728. The highest BCUT2D eigenvalue weighted by Gasteiger charge is 2.19. The van der Waals surface area contributed by atoms with Gasteiger partial charge in [0, 0.05) is 11.7 Å². The first-order valence-corrected chi connectivity index (χ1v) is 7.15. The highest BCUT2D eigenvalue weighted by Crippen LogP contribution is 2.31. The number of hydrogen-bond acceptors (Lipinski definition) is 3. The summed E-state index contributed by atoms with van der Waals surface area (Å²) in [4.78, 5) is 27.7. The molecule has 1 atom stereocenters. The maximum absolute atomic E-state index is 11.3. The molecule has 5 heteroatoms. The third-order valence-electron chi connectivity index (χ3n) is 4.05. The van der Waals surface area contributed by atoms with Gasteiger partial charge in [-0.15, -0.1) is 0 Å². The Morgan fingerprint density at radius 1 is 1.20 bits per heavy atom. The number of anilines is 1. The summed E-state index contributed by atoms with van der Waals surface area (Å²) < 4.78 is 0. The minimum Gasteiger partial charge on any atom is -0.383 e. The molecule has 1 aromatic carbocycles. The van der Waals surface area contributed by atoms with Crippen LogP contribution in [0.15, 0.2) is 27.8 Å². The minimum absolute atomic E-state index is 0.409. The molecule has 20 heavy (non-hydrogen) atoms. The van der Waals surface area contributed by atoms with E-state index in [-0.39, 0.29) is 0 Å². The van der Waals surface area contributed by atoms with Crippen LogP contribution in [0.4, 0.5) is 5.69 Å². The van der Waals surface area contributed by atoms with E-state index in [0.717, 1.165) is 11.6 Å². The summed E-state index contributed by atoms with van der Waals surface area (Å²) in [7, 11) is 0. The van der Waals surface area contributed by atoms with E-state index in [0.29, 0.717) is 17.1 Å². The Morgan fingerprint density at radius 2 is 1.90 bits per heavy atom. The van der Waals surface area contributed by atoms with Gasteiger partial charge in [0.1, 0.15) is 0 Å². The number of aromatic nitrogens is 2. The molecule has 2 aromatic rings. The molecule has 1 aliphatic carbocycles. The first-order chi connectivity index (χ1) is 9.61. The summed E-state index contributed by atoms with van der Waals surface area (Å²) in [5.41, 5.74) is 1.03. The molecule has 106 valence electrons. The number of aromatic amines is 2. The van der Waals surface area contributed by atoms with E-state index in [1.165, 1.54) is 25.7 Å². The molecule has 1 saturated carbocycles. The van der Waals surface area contributed by atoms with Crippen molar-refractivity contribution >= 4 is 16.7 Å². The zero-order chi connectivity index (χ0) is 14.1. The lowest BCUT2D eigenvalue weighted by atomic mass is 9.81. The molecule has 1 aliphatic rings. The van der Waals surface area contributed by atoms with Crippen LogP contribution in [0.3, 0.4) is 0 Å². The third-order valence-corrected chi connectivity index (χ3v) is 4.05. The monoisotopic (exact) mass is 273 g/mol. The molecule has 0 amide bonds. The number of benzene rings is 1. The van der Waals surface area contributed by atoms with Crippen molar-refractivity contribution in [3.8, 4) is 0 Å². The van der Waals surface area contributed by atoms with Gasteiger partial charge < -0.3 is 15.3 Å². The van der Waals surface area contributed by atoms with Gasteiger partial charge in [0.15, 0.2) is 0 Å². The van der Waals surface area contributed by atoms with Gasteiger partial charge in [0.25, 0.3) is 0 Å². The number of nitrogens with one attached hydrogen (secondary N) is 3. The highest BCUT2D eigenvalue weighted by molar-refractivity contribution is 5.78. The van der Waals surface area contributed by atoms with Crippen molar-refractivity contribution in [2.75, 3.05) is 5.32 Å². The molecule has 3 N–H and O–H groups in total. The first kappa shape index (κ1) is 13.0. The second-order valence-electron chi connectivity index (χ2n) is 5.75. The molecule has 1 heterocycles. The topological polar surface area (TPSA) is 77.8 Å². The Balaban J connectivity index is 1.79. The third kappa shape index (κ3) is 2.61. The SMILES string of the molecule is CC(CC1CCC1)Nc1ccc2[nH]c(=O)c(=O)[nH]c2c1. The van der Waals surface area contributed by atoms with Gasteiger partial charge >= 0.3 is 11.1 Å². The fourth-order valence-electron chi connectivity index (χ4n) is 2.78. The van der Waals surface area contributed by atoms with Gasteiger partial charge in [0.05, 0.1) is 11.0 Å². The zero-order valence-electron chi connectivity index (χ0n) is 11.5. The predicted octanol–water partition coefficient (Wildman–Crippen LogP) is 2.21. The summed E-state index contributed by atoms with van der Waals surface area (Å²) in [6.07, 6.45) is 5.23. The maximum Gasteiger partial charge on any atom is 0.314 e. The molecule has 0 saturated heterocycles. The van der Waals surface area contributed by atoms with E-state index < -0.39 is 11.1 Å². The van der Waals surface area contributed by atoms with Crippen molar-refractivity contribution in [1.82, 2.24) is 9.97 Å². The summed E-state index contributed by atoms with van der Waals surface area (Å²) in [6.45, 7) is 2.18. The number of H-pyrrole nitrogens is 2. The molecule has 0 spiro atoms. The highest BCUT2D eigenvalue weighted by atomic mass is 16.2. The normalized spacial score (nSPS) is 16.9. The van der Waals surface area contributed by atoms with Crippen LogP contribution in [-0.2, 0) is 0 Å². The summed E-state index contributed by atoms with van der Waals surface area (Å²) in [5.74, 6) is 0.856. The maximum atomic E-state index is 11.3. The van der Waals surface area contributed by atoms with Gasteiger partial charge in [-0.05, 0) is 37.5 Å². The molecule has 1 fully saturated rings. The van der Waals surface area contributed by atoms with Crippen LogP contribution in [0.2, 0.25) is 0 Å². The van der Waals surface area contributed by atoms with E-state index in [1.807, 2.05) is 18.2 Å². The van der Waals surface area contributed by atoms with E-state index in [1.54, 1.807) is 0 Å². The smallest absolute Gasteiger partial charge is 0.314 e. The molecule has 0 aliphatic heterocycles. The first-order valence-electron chi connectivity index (χ1n) is 7.15. The van der Waals surface area contributed by atoms with Crippen LogP contribution in [0.5, 0.6) is 0 Å². The minimum atomic E-state index is -0.614. The molecule has 3 rings (SSSR count). The zero-order valence-corrected chi connectivity index (χ0v) is 11.5. The Hall–Kier alpha value is -2.04. The Labute approximate surface area is 116 Å². The average Bonchev–Trinajstić information content (AvgIpc) is 2.36. The fraction of sp³-hybridized carbons (Fsp3) is 0.467. The van der Waals surface area contributed by atoms with Crippen LogP contribution >= 0.6 is 0 Å². The second-order valence-corrected chi connectivity index (χ2v) is 5.75. The molecule has 1 unspecified atom stereocenters. The van der Waals surface area contributed by atoms with E-state index in [9.17, 15) is 9.59 Å². The van der Waals surface area contributed by atoms with Crippen LogP contribution in [0.1, 0.15) is 32.6 Å². The van der Waals surface area contributed by atoms with Crippen LogP contribution < -0.4 is 16.4 Å². The number of fused-ring (bicyclic) bond motifs is 1. The van der Waals surface area contributed by atoms with Crippen molar-refractivity contribution in [2.24, 2.45) is 5.92 Å². The molecule has 0 bridgehead atoms. The Morgan fingerprint density at radius 3 is 2.55 bits per heavy atom. The van der Waals surface area contributed by atoms with Gasteiger partial charge in [-0.1, -0.05) is 19.3 Å². The summed E-state index contributed by atoms with van der Waals surface area (Å²) in [5, 5.41) is 3.45. The van der Waals surface area contributed by atoms with E-state index >= 15 is 0 Å². The number of hydrogen-bond donors (Lipinski definition) is 3. The largest absolute Gasteiger partial charge is 0.383 e. The summed E-state index contributed by atoms with van der Waals surface area (Å²) in [6, 6.07) is 6.01.